The molecule has 0 aliphatic heterocycles. The van der Waals surface area contributed by atoms with Crippen molar-refractivity contribution in [3.63, 3.8) is 0 Å². The Bertz CT molecular complexity index is 1070. The molecule has 130 valence electrons. The number of benzene rings is 2. The predicted octanol–water partition coefficient (Wildman–Crippen LogP) is 3.42. The fourth-order valence-electron chi connectivity index (χ4n) is 2.99. The number of fused-ring (bicyclic) bond motifs is 1. The number of nitrogens with two attached hydrogens (primary N) is 1. The van der Waals surface area contributed by atoms with E-state index >= 15 is 0 Å². The summed E-state index contributed by atoms with van der Waals surface area (Å²) in [7, 11) is 0. The predicted molar refractivity (Wildman–Crippen MR) is 101 cm³/mol. The molecule has 3 N–H and O–H groups in total. The first kappa shape index (κ1) is 16.4. The monoisotopic (exact) mass is 365 g/mol. The normalized spacial score (nSPS) is 11.1. The first-order chi connectivity index (χ1) is 12.6. The molecule has 0 fully saturated rings. The molecule has 2 heterocycles. The minimum atomic E-state index is -0.467. The Labute approximate surface area is 154 Å². The van der Waals surface area contributed by atoms with Gasteiger partial charge in [0.15, 0.2) is 5.82 Å². The van der Waals surface area contributed by atoms with Crippen molar-refractivity contribution in [2.75, 3.05) is 0 Å². The molecule has 0 unspecified atom stereocenters. The van der Waals surface area contributed by atoms with Gasteiger partial charge in [-0.2, -0.15) is 0 Å². The molecule has 2 aromatic heterocycles. The van der Waals surface area contributed by atoms with Gasteiger partial charge in [-0.05, 0) is 42.3 Å². The van der Waals surface area contributed by atoms with E-state index in [2.05, 4.69) is 19.5 Å². The quantitative estimate of drug-likeness (QED) is 0.567. The van der Waals surface area contributed by atoms with Gasteiger partial charge in [-0.15, -0.1) is 0 Å². The number of hydrogen-bond donors (Lipinski definition) is 2. The van der Waals surface area contributed by atoms with Crippen LogP contribution in [0.4, 0.5) is 0 Å². The molecule has 4 rings (SSSR count). The Morgan fingerprint density at radius 2 is 2.00 bits per heavy atom. The molecule has 0 spiro atoms. The van der Waals surface area contributed by atoms with Crippen LogP contribution in [0.3, 0.4) is 0 Å². The molecule has 0 saturated carbocycles. The zero-order valence-electron chi connectivity index (χ0n) is 13.8. The highest BCUT2D eigenvalue weighted by molar-refractivity contribution is 6.30. The van der Waals surface area contributed by atoms with Crippen molar-refractivity contribution in [3.8, 4) is 11.5 Å². The van der Waals surface area contributed by atoms with E-state index in [0.29, 0.717) is 5.56 Å². The molecule has 0 bridgehead atoms. The average molecular weight is 366 g/mol. The number of aromatic nitrogens is 4. The topological polar surface area (TPSA) is 89.6 Å². The third kappa shape index (κ3) is 3.07. The molecular formula is C19H16ClN5O. The van der Waals surface area contributed by atoms with Gasteiger partial charge in [-0.1, -0.05) is 23.7 Å². The number of imidazole rings is 2. The minimum absolute atomic E-state index is 0.441. The van der Waals surface area contributed by atoms with E-state index in [1.165, 1.54) is 5.56 Å². The van der Waals surface area contributed by atoms with E-state index in [4.69, 9.17) is 17.3 Å². The molecule has 2 aromatic carbocycles. The van der Waals surface area contributed by atoms with Crippen molar-refractivity contribution in [3.05, 3.63) is 71.1 Å². The zero-order chi connectivity index (χ0) is 18.1. The van der Waals surface area contributed by atoms with Gasteiger partial charge < -0.3 is 15.3 Å². The maximum absolute atomic E-state index is 11.5. The summed E-state index contributed by atoms with van der Waals surface area (Å²) in [4.78, 5) is 23.3. The molecule has 7 heteroatoms. The van der Waals surface area contributed by atoms with Crippen LogP contribution in [-0.4, -0.2) is 25.4 Å². The molecule has 0 radical (unpaired) electrons. The zero-order valence-corrected chi connectivity index (χ0v) is 14.6. The molecule has 1 amide bonds. The Balaban J connectivity index is 1.76. The van der Waals surface area contributed by atoms with Gasteiger partial charge >= 0.3 is 0 Å². The average Bonchev–Trinajstić information content (AvgIpc) is 3.28. The standard InChI is InChI=1S/C19H16ClN5O/c20-14-4-1-12(2-5-14)7-8-25-17-6-3-13(18(21)26)9-15(17)24-19(25)16-10-22-11-23-16/h1-6,9-11H,7-8H2,(H2,21,26)(H,22,23). The van der Waals surface area contributed by atoms with Gasteiger partial charge in [0.25, 0.3) is 0 Å². The highest BCUT2D eigenvalue weighted by Gasteiger charge is 2.15. The lowest BCUT2D eigenvalue weighted by molar-refractivity contribution is 0.100. The van der Waals surface area contributed by atoms with Crippen LogP contribution in [-0.2, 0) is 13.0 Å². The number of nitrogens with zero attached hydrogens (tertiary/aromatic N) is 3. The number of carbonyl (C=O) groups excluding carboxylic acids is 1. The summed E-state index contributed by atoms with van der Waals surface area (Å²) < 4.78 is 2.11. The van der Waals surface area contributed by atoms with Crippen molar-refractivity contribution >= 4 is 28.5 Å². The van der Waals surface area contributed by atoms with E-state index in [0.717, 1.165) is 40.5 Å². The Morgan fingerprint density at radius 1 is 1.19 bits per heavy atom. The lowest BCUT2D eigenvalue weighted by Gasteiger charge is -2.09. The maximum Gasteiger partial charge on any atom is 0.248 e. The van der Waals surface area contributed by atoms with Crippen LogP contribution in [0.5, 0.6) is 0 Å². The lowest BCUT2D eigenvalue weighted by Crippen LogP contribution is -2.10. The second-order valence-corrected chi connectivity index (χ2v) is 6.43. The number of halogens is 1. The summed E-state index contributed by atoms with van der Waals surface area (Å²) >= 11 is 5.96. The van der Waals surface area contributed by atoms with Gasteiger partial charge in [0.05, 0.1) is 23.6 Å². The highest BCUT2D eigenvalue weighted by Crippen LogP contribution is 2.25. The number of aryl methyl sites for hydroxylation is 2. The fraction of sp³-hybridized carbons (Fsp3) is 0.105. The molecule has 0 aliphatic rings. The van der Waals surface area contributed by atoms with Gasteiger partial charge in [0.2, 0.25) is 5.91 Å². The second-order valence-electron chi connectivity index (χ2n) is 6.00. The van der Waals surface area contributed by atoms with Gasteiger partial charge in [0, 0.05) is 17.1 Å². The van der Waals surface area contributed by atoms with Gasteiger partial charge in [-0.25, -0.2) is 9.97 Å². The smallest absolute Gasteiger partial charge is 0.248 e. The van der Waals surface area contributed by atoms with E-state index in [1.54, 1.807) is 24.7 Å². The second kappa shape index (κ2) is 6.65. The van der Waals surface area contributed by atoms with Crippen LogP contribution in [0, 0.1) is 0 Å². The van der Waals surface area contributed by atoms with Crippen LogP contribution in [0.2, 0.25) is 5.02 Å². The van der Waals surface area contributed by atoms with Gasteiger partial charge in [0.1, 0.15) is 5.69 Å². The van der Waals surface area contributed by atoms with Crippen LogP contribution >= 0.6 is 11.6 Å². The summed E-state index contributed by atoms with van der Waals surface area (Å²) in [5.41, 5.74) is 9.49. The number of amides is 1. The molecule has 6 nitrogen and oxygen atoms in total. The van der Waals surface area contributed by atoms with Crippen molar-refractivity contribution < 1.29 is 4.79 Å². The SMILES string of the molecule is NC(=O)c1ccc2c(c1)nc(-c1cnc[nH]1)n2CCc1ccc(Cl)cc1. The van der Waals surface area contributed by atoms with Crippen molar-refractivity contribution in [2.45, 2.75) is 13.0 Å². The largest absolute Gasteiger partial charge is 0.366 e. The fourth-order valence-corrected chi connectivity index (χ4v) is 3.11. The number of primary amides is 1. The highest BCUT2D eigenvalue weighted by atomic mass is 35.5. The van der Waals surface area contributed by atoms with Crippen LogP contribution in [0.15, 0.2) is 55.0 Å². The first-order valence-corrected chi connectivity index (χ1v) is 8.53. The summed E-state index contributed by atoms with van der Waals surface area (Å²) in [6.45, 7) is 0.725. The minimum Gasteiger partial charge on any atom is -0.366 e. The van der Waals surface area contributed by atoms with Crippen LogP contribution < -0.4 is 5.73 Å². The maximum atomic E-state index is 11.5. The molecule has 0 aliphatic carbocycles. The summed E-state index contributed by atoms with van der Waals surface area (Å²) in [6, 6.07) is 13.1. The Hall–Kier alpha value is -3.12. The molecule has 0 saturated heterocycles. The molecule has 0 atom stereocenters. The molecule has 4 aromatic rings. The number of carbonyl (C=O) groups is 1. The van der Waals surface area contributed by atoms with E-state index in [9.17, 15) is 4.79 Å². The van der Waals surface area contributed by atoms with E-state index in [1.807, 2.05) is 30.3 Å². The van der Waals surface area contributed by atoms with Crippen LogP contribution in [0.1, 0.15) is 15.9 Å². The molecular weight excluding hydrogens is 350 g/mol. The van der Waals surface area contributed by atoms with Crippen molar-refractivity contribution in [1.29, 1.82) is 0 Å². The number of aromatic amines is 1. The lowest BCUT2D eigenvalue weighted by atomic mass is 10.1. The third-order valence-corrected chi connectivity index (χ3v) is 4.56. The van der Waals surface area contributed by atoms with Crippen molar-refractivity contribution in [2.24, 2.45) is 5.73 Å². The number of nitrogens with one attached hydrogen (secondary N) is 1. The Morgan fingerprint density at radius 3 is 2.69 bits per heavy atom. The van der Waals surface area contributed by atoms with E-state index < -0.39 is 5.91 Å². The Kier molecular flexibility index (Phi) is 4.18. The first-order valence-electron chi connectivity index (χ1n) is 8.15. The van der Waals surface area contributed by atoms with Crippen LogP contribution in [0.25, 0.3) is 22.6 Å². The van der Waals surface area contributed by atoms with E-state index in [-0.39, 0.29) is 0 Å². The number of hydrogen-bond acceptors (Lipinski definition) is 3. The third-order valence-electron chi connectivity index (χ3n) is 4.31. The summed E-state index contributed by atoms with van der Waals surface area (Å²) in [6.07, 6.45) is 4.17. The summed E-state index contributed by atoms with van der Waals surface area (Å²) in [5.74, 6) is 0.304. The number of H-pyrrole nitrogens is 1. The molecule has 26 heavy (non-hydrogen) atoms. The summed E-state index contributed by atoms with van der Waals surface area (Å²) in [5, 5.41) is 0.721. The van der Waals surface area contributed by atoms with Gasteiger partial charge in [-0.3, -0.25) is 4.79 Å². The van der Waals surface area contributed by atoms with Crippen molar-refractivity contribution in [1.82, 2.24) is 19.5 Å². The number of rotatable bonds is 5.